The summed E-state index contributed by atoms with van der Waals surface area (Å²) in [7, 11) is 1.82. The summed E-state index contributed by atoms with van der Waals surface area (Å²) in [5.41, 5.74) is 8.42. The number of anilines is 1. The van der Waals surface area contributed by atoms with E-state index in [-0.39, 0.29) is 24.3 Å². The Morgan fingerprint density at radius 3 is 2.39 bits per heavy atom. The van der Waals surface area contributed by atoms with Gasteiger partial charge in [0, 0.05) is 35.5 Å². The molecule has 49 heavy (non-hydrogen) atoms. The number of imidazole rings is 1. The van der Waals surface area contributed by atoms with E-state index in [1.807, 2.05) is 81.6 Å². The van der Waals surface area contributed by atoms with Crippen LogP contribution in [0.5, 0.6) is 0 Å². The van der Waals surface area contributed by atoms with E-state index in [2.05, 4.69) is 35.8 Å². The first-order valence-electron chi connectivity index (χ1n) is 15.5. The molecule has 11 nitrogen and oxygen atoms in total. The van der Waals surface area contributed by atoms with Crippen LogP contribution in [0.4, 0.5) is 10.1 Å². The number of nitrogens with one attached hydrogen (secondary N) is 4. The van der Waals surface area contributed by atoms with Crippen LogP contribution in [-0.4, -0.2) is 49.2 Å². The first-order chi connectivity index (χ1) is 23.9. The van der Waals surface area contributed by atoms with E-state index < -0.39 is 0 Å². The van der Waals surface area contributed by atoms with Gasteiger partial charge in [0.15, 0.2) is 5.82 Å². The molecule has 7 aromatic rings. The molecule has 0 unspecified atom stereocenters. The summed E-state index contributed by atoms with van der Waals surface area (Å²) in [4.78, 5) is 45.9. The number of benzene rings is 3. The number of hydrogen-bond acceptors (Lipinski definition) is 8. The number of rotatable bonds is 8. The number of halogens is 1. The summed E-state index contributed by atoms with van der Waals surface area (Å²) in [6, 6.07) is 22.4. The molecule has 0 saturated carbocycles. The second-order valence-corrected chi connectivity index (χ2v) is 10.6. The minimum absolute atomic E-state index is 0.113. The number of pyridine rings is 2. The fourth-order valence-corrected chi connectivity index (χ4v) is 5.40. The Hall–Kier alpha value is -6.36. The molecule has 0 bridgehead atoms. The minimum atomic E-state index is -0.319. The van der Waals surface area contributed by atoms with Gasteiger partial charge in [0.1, 0.15) is 11.5 Å². The first-order valence-corrected chi connectivity index (χ1v) is 15.5. The molecule has 0 radical (unpaired) electrons. The summed E-state index contributed by atoms with van der Waals surface area (Å²) in [5.74, 6) is 0.128. The summed E-state index contributed by atoms with van der Waals surface area (Å²) in [6.45, 7) is 4.54. The van der Waals surface area contributed by atoms with Gasteiger partial charge in [0.25, 0.3) is 0 Å². The SMILES string of the molecule is CC.CNCc1cc(F)cc(-c2cncc3[nH]c(-c4n[nH]c5ccc(-c6cncc(NC(=O)Cc7ccccc7)c6)cc45)nc23)c1.O=C=O. The Morgan fingerprint density at radius 1 is 0.837 bits per heavy atom. The normalized spacial score (nSPS) is 10.4. The smallest absolute Gasteiger partial charge is 0.335 e. The summed E-state index contributed by atoms with van der Waals surface area (Å²) in [5, 5.41) is 14.5. The maximum absolute atomic E-state index is 14.5. The molecule has 1 amide bonds. The maximum Gasteiger partial charge on any atom is 0.373 e. The van der Waals surface area contributed by atoms with E-state index in [4.69, 9.17) is 14.6 Å². The average molecular weight is 657 g/mol. The molecular formula is C37H33FN8O3. The van der Waals surface area contributed by atoms with Crippen LogP contribution in [0.2, 0.25) is 0 Å². The number of carbonyl (C=O) groups is 1. The van der Waals surface area contributed by atoms with Crippen molar-refractivity contribution in [2.75, 3.05) is 12.4 Å². The van der Waals surface area contributed by atoms with Crippen LogP contribution in [0.1, 0.15) is 25.0 Å². The molecule has 0 aliphatic heterocycles. The Bertz CT molecular complexity index is 2240. The minimum Gasteiger partial charge on any atom is -0.335 e. The van der Waals surface area contributed by atoms with Crippen LogP contribution >= 0.6 is 0 Å². The van der Waals surface area contributed by atoms with Crippen molar-refractivity contribution in [1.82, 2.24) is 35.5 Å². The topological polar surface area (TPSA) is 158 Å². The Kier molecular flexibility index (Phi) is 11.1. The van der Waals surface area contributed by atoms with Gasteiger partial charge in [-0.3, -0.25) is 19.9 Å². The summed E-state index contributed by atoms with van der Waals surface area (Å²) in [6.07, 6.45) is 7.32. The first kappa shape index (κ1) is 34.0. The van der Waals surface area contributed by atoms with Crippen molar-refractivity contribution < 1.29 is 18.8 Å². The van der Waals surface area contributed by atoms with E-state index in [9.17, 15) is 9.18 Å². The molecule has 7 rings (SSSR count). The van der Waals surface area contributed by atoms with Crippen molar-refractivity contribution in [1.29, 1.82) is 0 Å². The largest absolute Gasteiger partial charge is 0.373 e. The lowest BCUT2D eigenvalue weighted by molar-refractivity contribution is -0.191. The molecule has 3 aromatic carbocycles. The zero-order valence-corrected chi connectivity index (χ0v) is 27.0. The summed E-state index contributed by atoms with van der Waals surface area (Å²) >= 11 is 0. The Balaban J connectivity index is 0.000000889. The Morgan fingerprint density at radius 2 is 1.61 bits per heavy atom. The van der Waals surface area contributed by atoms with Gasteiger partial charge in [-0.05, 0) is 65.7 Å². The molecule has 0 spiro atoms. The highest BCUT2D eigenvalue weighted by molar-refractivity contribution is 5.98. The monoisotopic (exact) mass is 656 g/mol. The second kappa shape index (κ2) is 16.0. The molecule has 246 valence electrons. The van der Waals surface area contributed by atoms with Crippen LogP contribution < -0.4 is 10.6 Å². The van der Waals surface area contributed by atoms with Crippen molar-refractivity contribution in [3.05, 3.63) is 115 Å². The lowest BCUT2D eigenvalue weighted by atomic mass is 10.0. The highest BCUT2D eigenvalue weighted by Gasteiger charge is 2.17. The maximum atomic E-state index is 14.5. The van der Waals surface area contributed by atoms with E-state index in [1.54, 1.807) is 24.8 Å². The van der Waals surface area contributed by atoms with Crippen LogP contribution in [-0.2, 0) is 27.3 Å². The van der Waals surface area contributed by atoms with Gasteiger partial charge in [0.2, 0.25) is 5.91 Å². The zero-order chi connectivity index (χ0) is 34.8. The molecule has 4 heterocycles. The lowest BCUT2D eigenvalue weighted by Gasteiger charge is -2.08. The second-order valence-electron chi connectivity index (χ2n) is 10.6. The van der Waals surface area contributed by atoms with E-state index in [0.29, 0.717) is 40.3 Å². The predicted octanol–water partition coefficient (Wildman–Crippen LogP) is 6.71. The third kappa shape index (κ3) is 7.96. The van der Waals surface area contributed by atoms with Crippen molar-refractivity contribution in [2.45, 2.75) is 26.8 Å². The number of H-pyrrole nitrogens is 2. The number of hydrogen-bond donors (Lipinski definition) is 4. The van der Waals surface area contributed by atoms with Gasteiger partial charge in [0.05, 0.1) is 41.1 Å². The quantitative estimate of drug-likeness (QED) is 0.140. The number of aromatic amines is 2. The van der Waals surface area contributed by atoms with Crippen LogP contribution in [0, 0.1) is 5.82 Å². The number of aromatic nitrogens is 6. The molecule has 12 heteroatoms. The standard InChI is InChI=1S/C34H27FN8O.C2H6.CO2/c1-36-15-21-9-23(12-25(35)10-21)28-18-38-19-30-32(28)41-34(40-30)33-27-14-22(7-8-29(27)42-43-33)24-13-26(17-37-16-24)39-31(44)11-20-5-3-2-4-6-20;1-2;2-1-3/h2-10,12-14,16-19,36H,11,15H2,1H3,(H,39,44)(H,40,41)(H,42,43);1-2H3;. The highest BCUT2D eigenvalue weighted by Crippen LogP contribution is 2.33. The predicted molar refractivity (Wildman–Crippen MR) is 185 cm³/mol. The molecule has 0 aliphatic carbocycles. The molecule has 0 atom stereocenters. The van der Waals surface area contributed by atoms with Crippen LogP contribution in [0.3, 0.4) is 0 Å². The number of amides is 1. The number of carbonyl (C=O) groups excluding carboxylic acids is 3. The lowest BCUT2D eigenvalue weighted by Crippen LogP contribution is -2.14. The molecule has 0 saturated heterocycles. The molecule has 0 aliphatic rings. The Labute approximate surface area is 281 Å². The van der Waals surface area contributed by atoms with Gasteiger partial charge in [-0.25, -0.2) is 9.37 Å². The average Bonchev–Trinajstić information content (AvgIpc) is 3.74. The molecule has 4 N–H and O–H groups in total. The van der Waals surface area contributed by atoms with Crippen molar-refractivity contribution >= 4 is 39.7 Å². The van der Waals surface area contributed by atoms with E-state index in [0.717, 1.165) is 38.7 Å². The van der Waals surface area contributed by atoms with Crippen molar-refractivity contribution in [2.24, 2.45) is 0 Å². The summed E-state index contributed by atoms with van der Waals surface area (Å²) < 4.78 is 14.5. The highest BCUT2D eigenvalue weighted by atomic mass is 19.1. The fourth-order valence-electron chi connectivity index (χ4n) is 5.40. The van der Waals surface area contributed by atoms with Gasteiger partial charge in [-0.1, -0.05) is 50.2 Å². The van der Waals surface area contributed by atoms with Crippen molar-refractivity contribution in [3.63, 3.8) is 0 Å². The molecule has 0 fully saturated rings. The third-order valence-electron chi connectivity index (χ3n) is 7.39. The molecule has 4 aromatic heterocycles. The molecular weight excluding hydrogens is 623 g/mol. The van der Waals surface area contributed by atoms with Gasteiger partial charge in [-0.15, -0.1) is 0 Å². The third-order valence-corrected chi connectivity index (χ3v) is 7.39. The van der Waals surface area contributed by atoms with Gasteiger partial charge < -0.3 is 15.6 Å². The van der Waals surface area contributed by atoms with Crippen LogP contribution in [0.25, 0.3) is 55.7 Å². The van der Waals surface area contributed by atoms with Crippen molar-refractivity contribution in [3.8, 4) is 33.8 Å². The number of fused-ring (bicyclic) bond motifs is 2. The van der Waals surface area contributed by atoms with E-state index in [1.165, 1.54) is 12.1 Å². The van der Waals surface area contributed by atoms with E-state index >= 15 is 0 Å². The van der Waals surface area contributed by atoms with Gasteiger partial charge >= 0.3 is 6.15 Å². The van der Waals surface area contributed by atoms with Crippen LogP contribution in [0.15, 0.2) is 97.6 Å². The van der Waals surface area contributed by atoms with Gasteiger partial charge in [-0.2, -0.15) is 14.7 Å². The number of nitrogens with zero attached hydrogens (tertiary/aromatic N) is 4. The fraction of sp³-hybridized carbons (Fsp3) is 0.135. The zero-order valence-electron chi connectivity index (χ0n) is 27.0.